The van der Waals surface area contributed by atoms with Gasteiger partial charge in [-0.25, -0.2) is 8.78 Å². The van der Waals surface area contributed by atoms with E-state index in [4.69, 9.17) is 9.47 Å². The first-order valence-corrected chi connectivity index (χ1v) is 11.6. The Balaban J connectivity index is 1.57. The van der Waals surface area contributed by atoms with Crippen LogP contribution >= 0.6 is 0 Å². The van der Waals surface area contributed by atoms with Crippen LogP contribution in [0.15, 0.2) is 60.7 Å². The molecule has 1 atom stereocenters. The van der Waals surface area contributed by atoms with Gasteiger partial charge in [-0.05, 0) is 54.8 Å². The van der Waals surface area contributed by atoms with Crippen molar-refractivity contribution in [2.45, 2.75) is 31.8 Å². The molecule has 0 saturated heterocycles. The van der Waals surface area contributed by atoms with Gasteiger partial charge in [-0.2, -0.15) is 0 Å². The summed E-state index contributed by atoms with van der Waals surface area (Å²) in [6.45, 7) is 1.53. The lowest BCUT2D eigenvalue weighted by molar-refractivity contribution is -0.137. The number of amides is 1. The smallest absolute Gasteiger partial charge is 0.323 e. The van der Waals surface area contributed by atoms with E-state index in [1.165, 1.54) is 36.3 Å². The molecule has 1 N–H and O–H groups in total. The molecule has 36 heavy (non-hydrogen) atoms. The van der Waals surface area contributed by atoms with Crippen molar-refractivity contribution in [3.8, 4) is 11.5 Å². The summed E-state index contributed by atoms with van der Waals surface area (Å²) in [4.78, 5) is 26.1. The first kappa shape index (κ1) is 25.2. The molecule has 0 fully saturated rings. The van der Waals surface area contributed by atoms with Gasteiger partial charge >= 0.3 is 5.97 Å². The Hall–Kier alpha value is -3.94. The fourth-order valence-electron chi connectivity index (χ4n) is 4.52. The van der Waals surface area contributed by atoms with Crippen molar-refractivity contribution in [1.29, 1.82) is 0 Å². The zero-order valence-corrected chi connectivity index (χ0v) is 20.1. The van der Waals surface area contributed by atoms with Crippen molar-refractivity contribution >= 4 is 11.9 Å². The number of halogens is 2. The van der Waals surface area contributed by atoms with E-state index in [0.717, 1.165) is 11.1 Å². The molecular formula is C28H27F2NO5. The molecule has 0 aromatic heterocycles. The first-order valence-electron chi connectivity index (χ1n) is 11.6. The summed E-state index contributed by atoms with van der Waals surface area (Å²) in [6, 6.07) is 15.6. The summed E-state index contributed by atoms with van der Waals surface area (Å²) in [7, 11) is 1.46. The minimum absolute atomic E-state index is 0.137. The Morgan fingerprint density at radius 1 is 1.11 bits per heavy atom. The number of carbonyl (C=O) groups excluding carboxylic acids is 1. The van der Waals surface area contributed by atoms with Gasteiger partial charge in [-0.1, -0.05) is 30.3 Å². The predicted octanol–water partition coefficient (Wildman–Crippen LogP) is 4.68. The molecule has 6 nitrogen and oxygen atoms in total. The molecule has 1 amide bonds. The maximum Gasteiger partial charge on any atom is 0.323 e. The third-order valence-electron chi connectivity index (χ3n) is 6.23. The molecule has 0 saturated carbocycles. The van der Waals surface area contributed by atoms with E-state index in [1.807, 2.05) is 6.92 Å². The lowest BCUT2D eigenvalue weighted by Crippen LogP contribution is -2.37. The van der Waals surface area contributed by atoms with Crippen LogP contribution < -0.4 is 9.47 Å². The number of methoxy groups -OCH3 is 1. The second-order valence-electron chi connectivity index (χ2n) is 9.16. The van der Waals surface area contributed by atoms with Gasteiger partial charge in [0.05, 0.1) is 7.11 Å². The predicted molar refractivity (Wildman–Crippen MR) is 129 cm³/mol. The van der Waals surface area contributed by atoms with Crippen LogP contribution in [0.4, 0.5) is 8.78 Å². The normalized spacial score (nSPS) is 16.2. The Bertz CT molecular complexity index is 1280. The van der Waals surface area contributed by atoms with Crippen LogP contribution in [-0.2, 0) is 24.1 Å². The first-order chi connectivity index (χ1) is 17.2. The Labute approximate surface area is 208 Å². The third-order valence-corrected chi connectivity index (χ3v) is 6.23. The van der Waals surface area contributed by atoms with Gasteiger partial charge in [-0.15, -0.1) is 0 Å². The summed E-state index contributed by atoms with van der Waals surface area (Å²) in [6.07, 6.45) is 1.11. The number of carboxylic acids is 1. The number of aliphatic carboxylic acids is 1. The molecule has 3 aromatic carbocycles. The monoisotopic (exact) mass is 495 g/mol. The van der Waals surface area contributed by atoms with E-state index in [2.05, 4.69) is 0 Å². The fourth-order valence-corrected chi connectivity index (χ4v) is 4.52. The summed E-state index contributed by atoms with van der Waals surface area (Å²) >= 11 is 0. The Kier molecular flexibility index (Phi) is 7.24. The average Bonchev–Trinajstić information content (AvgIpc) is 3.18. The standard InChI is InChI=1S/C28H27F2NO5/c1-28(15-19-5-3-4-6-23(19)30)16-21-13-20(14-24(35-2)26(21)36-28)27(34)31(17-25(32)33)12-11-18-7-9-22(29)10-8-18/h3-10,13-14H,11-12,15-17H2,1-2H3,(H,32,33)/t28-/m0/s1. The van der Waals surface area contributed by atoms with Gasteiger partial charge in [0, 0.05) is 30.5 Å². The lowest BCUT2D eigenvalue weighted by atomic mass is 9.91. The van der Waals surface area contributed by atoms with Crippen LogP contribution in [-0.4, -0.2) is 47.7 Å². The maximum atomic E-state index is 14.3. The molecule has 4 rings (SSSR count). The minimum atomic E-state index is -1.14. The van der Waals surface area contributed by atoms with E-state index in [9.17, 15) is 23.5 Å². The minimum Gasteiger partial charge on any atom is -0.493 e. The third kappa shape index (κ3) is 5.64. The number of rotatable bonds is 9. The van der Waals surface area contributed by atoms with Gasteiger partial charge in [0.2, 0.25) is 0 Å². The van der Waals surface area contributed by atoms with E-state index in [0.29, 0.717) is 36.3 Å². The van der Waals surface area contributed by atoms with Crippen LogP contribution in [0.25, 0.3) is 0 Å². The molecule has 0 aliphatic carbocycles. The highest BCUT2D eigenvalue weighted by atomic mass is 19.1. The van der Waals surface area contributed by atoms with Crippen LogP contribution in [0, 0.1) is 11.6 Å². The molecule has 1 aliphatic rings. The average molecular weight is 496 g/mol. The molecule has 0 spiro atoms. The molecule has 8 heteroatoms. The highest BCUT2D eigenvalue weighted by Crippen LogP contribution is 2.44. The molecular weight excluding hydrogens is 468 g/mol. The molecule has 0 bridgehead atoms. The van der Waals surface area contributed by atoms with Gasteiger partial charge < -0.3 is 19.5 Å². The van der Waals surface area contributed by atoms with Crippen molar-refractivity contribution in [3.63, 3.8) is 0 Å². The number of hydrogen-bond acceptors (Lipinski definition) is 4. The number of hydrogen-bond donors (Lipinski definition) is 1. The summed E-state index contributed by atoms with van der Waals surface area (Å²) in [5.74, 6) is -1.45. The number of ether oxygens (including phenoxy) is 2. The Morgan fingerprint density at radius 3 is 2.50 bits per heavy atom. The van der Waals surface area contributed by atoms with Gasteiger partial charge in [0.25, 0.3) is 5.91 Å². The highest BCUT2D eigenvalue weighted by Gasteiger charge is 2.38. The van der Waals surface area contributed by atoms with Gasteiger partial charge in [0.15, 0.2) is 11.5 Å². The summed E-state index contributed by atoms with van der Waals surface area (Å²) < 4.78 is 39.2. The maximum absolute atomic E-state index is 14.3. The zero-order chi connectivity index (χ0) is 25.9. The van der Waals surface area contributed by atoms with Gasteiger partial charge in [0.1, 0.15) is 23.8 Å². The van der Waals surface area contributed by atoms with E-state index in [1.54, 1.807) is 36.4 Å². The number of benzene rings is 3. The number of nitrogens with zero attached hydrogens (tertiary/aromatic N) is 1. The molecule has 0 radical (unpaired) electrons. The summed E-state index contributed by atoms with van der Waals surface area (Å²) in [5, 5.41) is 9.38. The molecule has 1 heterocycles. The van der Waals surface area contributed by atoms with Crippen molar-refractivity contribution in [2.24, 2.45) is 0 Å². The lowest BCUT2D eigenvalue weighted by Gasteiger charge is -2.24. The summed E-state index contributed by atoms with van der Waals surface area (Å²) in [5.41, 5.74) is 1.55. The van der Waals surface area contributed by atoms with Crippen LogP contribution in [0.5, 0.6) is 11.5 Å². The van der Waals surface area contributed by atoms with E-state index in [-0.39, 0.29) is 23.7 Å². The molecule has 0 unspecified atom stereocenters. The zero-order valence-electron chi connectivity index (χ0n) is 20.1. The highest BCUT2D eigenvalue weighted by molar-refractivity contribution is 5.97. The Morgan fingerprint density at radius 2 is 1.83 bits per heavy atom. The van der Waals surface area contributed by atoms with E-state index < -0.39 is 24.0 Å². The van der Waals surface area contributed by atoms with Crippen LogP contribution in [0.2, 0.25) is 0 Å². The second kappa shape index (κ2) is 10.4. The SMILES string of the molecule is COc1cc(C(=O)N(CCc2ccc(F)cc2)CC(=O)O)cc2c1O[C@@](C)(Cc1ccccc1F)C2. The van der Waals surface area contributed by atoms with Crippen LogP contribution in [0.3, 0.4) is 0 Å². The van der Waals surface area contributed by atoms with E-state index >= 15 is 0 Å². The topological polar surface area (TPSA) is 76.1 Å². The van der Waals surface area contributed by atoms with Crippen molar-refractivity contribution in [1.82, 2.24) is 4.90 Å². The quantitative estimate of drug-likeness (QED) is 0.467. The number of carbonyl (C=O) groups is 2. The largest absolute Gasteiger partial charge is 0.493 e. The number of fused-ring (bicyclic) bond motifs is 1. The van der Waals surface area contributed by atoms with Crippen molar-refractivity contribution in [2.75, 3.05) is 20.2 Å². The van der Waals surface area contributed by atoms with Crippen molar-refractivity contribution in [3.05, 3.63) is 94.6 Å². The van der Waals surface area contributed by atoms with Crippen LogP contribution in [0.1, 0.15) is 34.0 Å². The number of carboxylic acid groups (broad SMARTS) is 1. The fraction of sp³-hybridized carbons (Fsp3) is 0.286. The molecule has 3 aromatic rings. The molecule has 188 valence electrons. The van der Waals surface area contributed by atoms with Gasteiger partial charge in [-0.3, -0.25) is 9.59 Å². The molecule has 1 aliphatic heterocycles. The second-order valence-corrected chi connectivity index (χ2v) is 9.16. The van der Waals surface area contributed by atoms with Crippen molar-refractivity contribution < 1.29 is 33.0 Å².